The van der Waals surface area contributed by atoms with Crippen molar-refractivity contribution in [2.24, 2.45) is 0 Å². The Bertz CT molecular complexity index is 620. The van der Waals surface area contributed by atoms with Gasteiger partial charge in [0, 0.05) is 0 Å². The number of hydroxylamine groups is 1. The maximum atomic E-state index is 11.5. The monoisotopic (exact) mass is 257 g/mol. The lowest BCUT2D eigenvalue weighted by atomic mass is 10.1. The molecule has 0 amide bonds. The third-order valence-electron chi connectivity index (χ3n) is 2.70. The minimum Gasteiger partial charge on any atom is -0.464 e. The Morgan fingerprint density at radius 3 is 2.53 bits per heavy atom. The third-order valence-corrected chi connectivity index (χ3v) is 2.70. The summed E-state index contributed by atoms with van der Waals surface area (Å²) in [5.41, 5.74) is 3.66. The van der Waals surface area contributed by atoms with Crippen molar-refractivity contribution in [2.75, 3.05) is 14.2 Å². The number of ether oxygens (including phenoxy) is 1. The number of carbonyl (C=O) groups excluding carboxylic acids is 1. The van der Waals surface area contributed by atoms with Gasteiger partial charge < -0.3 is 4.74 Å². The first-order valence-electron chi connectivity index (χ1n) is 5.82. The molecule has 98 valence electrons. The number of benzene rings is 2. The number of carbonyl (C=O) groups is 1. The van der Waals surface area contributed by atoms with Crippen LogP contribution in [0.4, 0.5) is 0 Å². The van der Waals surface area contributed by atoms with E-state index >= 15 is 0 Å². The second-order valence-electron chi connectivity index (χ2n) is 3.96. The Kier molecular flexibility index (Phi) is 4.15. The molecule has 4 nitrogen and oxygen atoms in total. The highest BCUT2D eigenvalue weighted by atomic mass is 16.6. The molecule has 0 aliphatic carbocycles. The lowest BCUT2D eigenvalue weighted by Crippen LogP contribution is -2.20. The molecule has 0 radical (unpaired) electrons. The molecule has 2 rings (SSSR count). The predicted octanol–water partition coefficient (Wildman–Crippen LogP) is 2.50. The molecule has 0 unspecified atom stereocenters. The van der Waals surface area contributed by atoms with Crippen molar-refractivity contribution in [3.63, 3.8) is 0 Å². The lowest BCUT2D eigenvalue weighted by molar-refractivity contribution is -0.137. The Labute approximate surface area is 111 Å². The fourth-order valence-electron chi connectivity index (χ4n) is 1.81. The van der Waals surface area contributed by atoms with Gasteiger partial charge in [-0.1, -0.05) is 36.4 Å². The summed E-state index contributed by atoms with van der Waals surface area (Å²) >= 11 is 0. The van der Waals surface area contributed by atoms with Crippen molar-refractivity contribution >= 4 is 22.8 Å². The number of rotatable bonds is 4. The van der Waals surface area contributed by atoms with Gasteiger partial charge in [0.15, 0.2) is 0 Å². The van der Waals surface area contributed by atoms with Gasteiger partial charge in [-0.3, -0.25) is 10.3 Å². The quantitative estimate of drug-likeness (QED) is 0.519. The van der Waals surface area contributed by atoms with Crippen LogP contribution in [-0.4, -0.2) is 20.2 Å². The van der Waals surface area contributed by atoms with Gasteiger partial charge >= 0.3 is 5.97 Å². The fraction of sp³-hybridized carbons (Fsp3) is 0.133. The lowest BCUT2D eigenvalue weighted by Gasteiger charge is -2.07. The van der Waals surface area contributed by atoms with E-state index in [4.69, 9.17) is 4.84 Å². The maximum Gasteiger partial charge on any atom is 0.356 e. The number of fused-ring (bicyclic) bond motifs is 1. The summed E-state index contributed by atoms with van der Waals surface area (Å²) in [6, 6.07) is 14.0. The molecular formula is C15H15NO3. The van der Waals surface area contributed by atoms with Gasteiger partial charge in [-0.15, -0.1) is 0 Å². The van der Waals surface area contributed by atoms with Crippen LogP contribution in [0.15, 0.2) is 48.2 Å². The molecule has 19 heavy (non-hydrogen) atoms. The largest absolute Gasteiger partial charge is 0.464 e. The van der Waals surface area contributed by atoms with E-state index in [1.807, 2.05) is 42.5 Å². The summed E-state index contributed by atoms with van der Waals surface area (Å²) in [7, 11) is 2.77. The molecule has 0 atom stereocenters. The average Bonchev–Trinajstić information content (AvgIpc) is 2.46. The topological polar surface area (TPSA) is 47.6 Å². The molecule has 0 saturated heterocycles. The molecule has 2 aromatic carbocycles. The van der Waals surface area contributed by atoms with E-state index in [2.05, 4.69) is 10.2 Å². The highest BCUT2D eigenvalue weighted by molar-refractivity contribution is 5.94. The standard InChI is InChI=1S/C15H15NO3/c1-18-15(17)14(16-19-2)10-11-7-8-12-5-3-4-6-13(12)9-11/h3-10,16H,1-2H3. The van der Waals surface area contributed by atoms with Crippen molar-refractivity contribution in [3.8, 4) is 0 Å². The second kappa shape index (κ2) is 6.02. The molecule has 4 heteroatoms. The number of hydrogen-bond donors (Lipinski definition) is 1. The zero-order valence-electron chi connectivity index (χ0n) is 10.8. The van der Waals surface area contributed by atoms with Gasteiger partial charge in [-0.25, -0.2) is 4.79 Å². The second-order valence-corrected chi connectivity index (χ2v) is 3.96. The summed E-state index contributed by atoms with van der Waals surface area (Å²) in [4.78, 5) is 16.3. The number of methoxy groups -OCH3 is 1. The van der Waals surface area contributed by atoms with Gasteiger partial charge in [-0.2, -0.15) is 0 Å². The van der Waals surface area contributed by atoms with E-state index in [1.54, 1.807) is 6.08 Å². The summed E-state index contributed by atoms with van der Waals surface area (Å²) in [5, 5.41) is 2.26. The van der Waals surface area contributed by atoms with E-state index in [9.17, 15) is 4.79 Å². The molecule has 0 aromatic heterocycles. The first kappa shape index (κ1) is 13.1. The normalized spacial score (nSPS) is 11.4. The first-order chi connectivity index (χ1) is 9.24. The number of nitrogens with one attached hydrogen (secondary N) is 1. The van der Waals surface area contributed by atoms with Gasteiger partial charge in [0.25, 0.3) is 0 Å². The SMILES string of the molecule is CONC(=Cc1ccc2ccccc2c1)C(=O)OC. The van der Waals surface area contributed by atoms with Crippen LogP contribution in [0.25, 0.3) is 16.8 Å². The van der Waals surface area contributed by atoms with Crippen LogP contribution in [0.1, 0.15) is 5.56 Å². The van der Waals surface area contributed by atoms with Gasteiger partial charge in [0.1, 0.15) is 5.70 Å². The highest BCUT2D eigenvalue weighted by Crippen LogP contribution is 2.17. The third kappa shape index (κ3) is 3.11. The van der Waals surface area contributed by atoms with E-state index in [1.165, 1.54) is 14.2 Å². The van der Waals surface area contributed by atoms with E-state index in [-0.39, 0.29) is 5.70 Å². The van der Waals surface area contributed by atoms with Crippen LogP contribution >= 0.6 is 0 Å². The van der Waals surface area contributed by atoms with Crippen molar-refractivity contribution in [1.82, 2.24) is 5.48 Å². The summed E-state index contributed by atoms with van der Waals surface area (Å²) in [6.07, 6.45) is 1.68. The Morgan fingerprint density at radius 1 is 1.11 bits per heavy atom. The minimum atomic E-state index is -0.477. The van der Waals surface area contributed by atoms with Gasteiger partial charge in [0.2, 0.25) is 0 Å². The van der Waals surface area contributed by atoms with Crippen molar-refractivity contribution in [3.05, 3.63) is 53.7 Å². The van der Waals surface area contributed by atoms with E-state index in [0.29, 0.717) is 0 Å². The molecule has 0 heterocycles. The first-order valence-corrected chi connectivity index (χ1v) is 5.82. The molecule has 0 bridgehead atoms. The molecular weight excluding hydrogens is 242 g/mol. The highest BCUT2D eigenvalue weighted by Gasteiger charge is 2.09. The van der Waals surface area contributed by atoms with Crippen molar-refractivity contribution < 1.29 is 14.4 Å². The van der Waals surface area contributed by atoms with E-state index in [0.717, 1.165) is 16.3 Å². The maximum absolute atomic E-state index is 11.5. The Hall–Kier alpha value is -2.33. The molecule has 0 spiro atoms. The van der Waals surface area contributed by atoms with Crippen LogP contribution in [0.3, 0.4) is 0 Å². The number of esters is 1. The van der Waals surface area contributed by atoms with Gasteiger partial charge in [-0.05, 0) is 28.5 Å². The zero-order chi connectivity index (χ0) is 13.7. The van der Waals surface area contributed by atoms with Crippen LogP contribution in [0.2, 0.25) is 0 Å². The Balaban J connectivity index is 2.39. The summed E-state index contributed by atoms with van der Waals surface area (Å²) in [5.74, 6) is -0.477. The average molecular weight is 257 g/mol. The fourth-order valence-corrected chi connectivity index (χ4v) is 1.81. The predicted molar refractivity (Wildman–Crippen MR) is 74.1 cm³/mol. The molecule has 0 aliphatic heterocycles. The molecule has 2 aromatic rings. The summed E-state index contributed by atoms with van der Waals surface area (Å²) in [6.45, 7) is 0. The molecule has 0 aliphatic rings. The molecule has 1 N–H and O–H groups in total. The van der Waals surface area contributed by atoms with Crippen LogP contribution < -0.4 is 5.48 Å². The van der Waals surface area contributed by atoms with Crippen LogP contribution in [-0.2, 0) is 14.4 Å². The van der Waals surface area contributed by atoms with Crippen molar-refractivity contribution in [1.29, 1.82) is 0 Å². The minimum absolute atomic E-state index is 0.250. The molecule has 0 saturated carbocycles. The summed E-state index contributed by atoms with van der Waals surface area (Å²) < 4.78 is 4.67. The smallest absolute Gasteiger partial charge is 0.356 e. The van der Waals surface area contributed by atoms with Gasteiger partial charge in [0.05, 0.1) is 14.2 Å². The van der Waals surface area contributed by atoms with E-state index < -0.39 is 5.97 Å². The Morgan fingerprint density at radius 2 is 1.84 bits per heavy atom. The van der Waals surface area contributed by atoms with Crippen molar-refractivity contribution in [2.45, 2.75) is 0 Å². The molecule has 0 fully saturated rings. The van der Waals surface area contributed by atoms with Crippen LogP contribution in [0, 0.1) is 0 Å². The zero-order valence-corrected chi connectivity index (χ0v) is 10.8. The number of hydrogen-bond acceptors (Lipinski definition) is 4. The van der Waals surface area contributed by atoms with Crippen LogP contribution in [0.5, 0.6) is 0 Å².